The molecule has 130 valence electrons. The van der Waals surface area contributed by atoms with Gasteiger partial charge in [-0.3, -0.25) is 9.59 Å². The first-order chi connectivity index (χ1) is 11.3. The average Bonchev–Trinajstić information content (AvgIpc) is 3.11. The summed E-state index contributed by atoms with van der Waals surface area (Å²) in [4.78, 5) is 26.5. The lowest BCUT2D eigenvalue weighted by molar-refractivity contribution is -0.148. The van der Waals surface area contributed by atoms with Crippen molar-refractivity contribution < 1.29 is 19.4 Å². The summed E-state index contributed by atoms with van der Waals surface area (Å²) in [5.74, 6) is -0.893. The number of rotatable bonds is 3. The van der Waals surface area contributed by atoms with E-state index in [4.69, 9.17) is 4.74 Å². The number of carboxylic acids is 1. The monoisotopic (exact) mass is 331 g/mol. The van der Waals surface area contributed by atoms with E-state index >= 15 is 0 Å². The summed E-state index contributed by atoms with van der Waals surface area (Å²) in [6, 6.07) is 0. The van der Waals surface area contributed by atoms with Crippen molar-refractivity contribution in [2.24, 2.45) is 29.6 Å². The van der Waals surface area contributed by atoms with Crippen LogP contribution in [0.4, 0.5) is 0 Å². The molecule has 0 aromatic heterocycles. The van der Waals surface area contributed by atoms with Gasteiger partial charge in [-0.1, -0.05) is 37.6 Å². The van der Waals surface area contributed by atoms with E-state index in [-0.39, 0.29) is 5.91 Å². The van der Waals surface area contributed by atoms with Gasteiger partial charge in [0.25, 0.3) is 0 Å². The number of hydrogen-bond acceptors (Lipinski definition) is 3. The van der Waals surface area contributed by atoms with Gasteiger partial charge in [0.15, 0.2) is 0 Å². The SMILES string of the molecule is CC1=CC(C)C(CN2CC34C=CC(O3)C(C(=O)O)C4C2=O)C(C)C1. The van der Waals surface area contributed by atoms with Crippen molar-refractivity contribution in [3.05, 3.63) is 23.8 Å². The Balaban J connectivity index is 1.56. The Morgan fingerprint density at radius 1 is 1.46 bits per heavy atom. The van der Waals surface area contributed by atoms with Crippen molar-refractivity contribution in [2.45, 2.75) is 38.9 Å². The summed E-state index contributed by atoms with van der Waals surface area (Å²) in [7, 11) is 0. The number of fused-ring (bicyclic) bond motifs is 1. The van der Waals surface area contributed by atoms with E-state index in [1.807, 2.05) is 17.1 Å². The largest absolute Gasteiger partial charge is 0.481 e. The number of carbonyl (C=O) groups excluding carboxylic acids is 1. The van der Waals surface area contributed by atoms with Crippen LogP contribution >= 0.6 is 0 Å². The zero-order valence-corrected chi connectivity index (χ0v) is 14.4. The smallest absolute Gasteiger partial charge is 0.310 e. The predicted octanol–water partition coefficient (Wildman–Crippen LogP) is 2.09. The average molecular weight is 331 g/mol. The second-order valence-corrected chi connectivity index (χ2v) is 8.17. The highest BCUT2D eigenvalue weighted by Gasteiger charge is 2.67. The van der Waals surface area contributed by atoms with E-state index in [1.165, 1.54) is 5.57 Å². The molecule has 1 spiro atoms. The van der Waals surface area contributed by atoms with Gasteiger partial charge in [0.05, 0.1) is 18.6 Å². The molecule has 1 amide bonds. The van der Waals surface area contributed by atoms with Crippen LogP contribution in [0.5, 0.6) is 0 Å². The molecule has 4 rings (SSSR count). The molecule has 0 saturated carbocycles. The van der Waals surface area contributed by atoms with Crippen molar-refractivity contribution in [3.8, 4) is 0 Å². The van der Waals surface area contributed by atoms with Gasteiger partial charge in [0.1, 0.15) is 11.5 Å². The van der Waals surface area contributed by atoms with Crippen LogP contribution in [0.2, 0.25) is 0 Å². The lowest BCUT2D eigenvalue weighted by atomic mass is 9.75. The maximum atomic E-state index is 13.0. The molecule has 0 aromatic rings. The molecule has 2 fully saturated rings. The third-order valence-corrected chi connectivity index (χ3v) is 6.49. The van der Waals surface area contributed by atoms with Gasteiger partial charge < -0.3 is 14.7 Å². The first-order valence-electron chi connectivity index (χ1n) is 8.88. The molecule has 7 unspecified atom stereocenters. The number of likely N-dealkylation sites (tertiary alicyclic amines) is 1. The van der Waals surface area contributed by atoms with E-state index in [2.05, 4.69) is 26.8 Å². The van der Waals surface area contributed by atoms with Crippen LogP contribution in [0.25, 0.3) is 0 Å². The van der Waals surface area contributed by atoms with Gasteiger partial charge in [-0.25, -0.2) is 0 Å². The van der Waals surface area contributed by atoms with Gasteiger partial charge in [-0.05, 0) is 31.1 Å². The maximum Gasteiger partial charge on any atom is 0.310 e. The minimum absolute atomic E-state index is 0.0417. The quantitative estimate of drug-likeness (QED) is 0.804. The topological polar surface area (TPSA) is 66.8 Å². The highest BCUT2D eigenvalue weighted by molar-refractivity contribution is 5.90. The fraction of sp³-hybridized carbons (Fsp3) is 0.684. The second kappa shape index (κ2) is 5.19. The van der Waals surface area contributed by atoms with Crippen LogP contribution in [-0.4, -0.2) is 46.7 Å². The highest BCUT2D eigenvalue weighted by atomic mass is 16.5. The van der Waals surface area contributed by atoms with Crippen molar-refractivity contribution in [2.75, 3.05) is 13.1 Å². The summed E-state index contributed by atoms with van der Waals surface area (Å²) >= 11 is 0. The molecule has 2 bridgehead atoms. The lowest BCUT2D eigenvalue weighted by Crippen LogP contribution is -2.41. The van der Waals surface area contributed by atoms with E-state index in [0.717, 1.165) is 6.42 Å². The Kier molecular flexibility index (Phi) is 3.43. The number of ether oxygens (including phenoxy) is 1. The molecule has 1 N–H and O–H groups in total. The summed E-state index contributed by atoms with van der Waals surface area (Å²) in [6.07, 6.45) is 6.69. The third-order valence-electron chi connectivity index (χ3n) is 6.49. The third kappa shape index (κ3) is 2.10. The molecule has 3 aliphatic heterocycles. The summed E-state index contributed by atoms with van der Waals surface area (Å²) in [5.41, 5.74) is 0.711. The Hall–Kier alpha value is -1.62. The Morgan fingerprint density at radius 2 is 2.21 bits per heavy atom. The molecule has 5 heteroatoms. The van der Waals surface area contributed by atoms with Crippen LogP contribution in [0.15, 0.2) is 23.8 Å². The Labute approximate surface area is 142 Å². The van der Waals surface area contributed by atoms with Crippen LogP contribution < -0.4 is 0 Å². The number of amides is 1. The second-order valence-electron chi connectivity index (χ2n) is 8.17. The summed E-state index contributed by atoms with van der Waals surface area (Å²) in [6.45, 7) is 7.82. The van der Waals surface area contributed by atoms with Gasteiger partial charge in [-0.2, -0.15) is 0 Å². The van der Waals surface area contributed by atoms with E-state index in [1.54, 1.807) is 0 Å². The molecule has 1 aliphatic carbocycles. The number of allylic oxidation sites excluding steroid dienone is 2. The molecule has 3 heterocycles. The van der Waals surface area contributed by atoms with Crippen LogP contribution in [0.1, 0.15) is 27.2 Å². The minimum atomic E-state index is -0.926. The Bertz CT molecular complexity index is 654. The van der Waals surface area contributed by atoms with Crippen molar-refractivity contribution >= 4 is 11.9 Å². The van der Waals surface area contributed by atoms with E-state index < -0.39 is 29.5 Å². The predicted molar refractivity (Wildman–Crippen MR) is 88.1 cm³/mol. The molecular weight excluding hydrogens is 306 g/mol. The fourth-order valence-corrected chi connectivity index (χ4v) is 5.43. The van der Waals surface area contributed by atoms with Crippen molar-refractivity contribution in [1.82, 2.24) is 4.90 Å². The van der Waals surface area contributed by atoms with Crippen LogP contribution in [0, 0.1) is 29.6 Å². The lowest BCUT2D eigenvalue weighted by Gasteiger charge is -2.36. The maximum absolute atomic E-state index is 13.0. The Morgan fingerprint density at radius 3 is 2.88 bits per heavy atom. The first-order valence-corrected chi connectivity index (χ1v) is 8.88. The van der Waals surface area contributed by atoms with E-state index in [9.17, 15) is 14.7 Å². The fourth-order valence-electron chi connectivity index (χ4n) is 5.43. The van der Waals surface area contributed by atoms with Crippen LogP contribution in [0.3, 0.4) is 0 Å². The molecule has 0 radical (unpaired) electrons. The molecule has 5 nitrogen and oxygen atoms in total. The highest BCUT2D eigenvalue weighted by Crippen LogP contribution is 2.52. The van der Waals surface area contributed by atoms with E-state index in [0.29, 0.717) is 30.8 Å². The molecular formula is C19H25NO4. The standard InChI is InChI=1S/C19H25NO4/c1-10-6-11(2)13(12(3)7-10)8-20-9-19-5-4-14(24-19)15(18(22)23)16(19)17(20)21/h4-6,11-16H,7-9H2,1-3H3,(H,22,23). The first kappa shape index (κ1) is 15.9. The molecule has 4 aliphatic rings. The zero-order valence-electron chi connectivity index (χ0n) is 14.4. The minimum Gasteiger partial charge on any atom is -0.481 e. The number of nitrogens with zero attached hydrogens (tertiary/aromatic N) is 1. The molecule has 7 atom stereocenters. The number of carboxylic acid groups (broad SMARTS) is 1. The molecule has 0 aromatic carbocycles. The van der Waals surface area contributed by atoms with Crippen LogP contribution in [-0.2, 0) is 14.3 Å². The van der Waals surface area contributed by atoms with Gasteiger partial charge in [0.2, 0.25) is 5.91 Å². The normalized spacial score (nSPS) is 46.4. The number of aliphatic carboxylic acids is 1. The molecule has 24 heavy (non-hydrogen) atoms. The zero-order chi connectivity index (χ0) is 17.2. The number of hydrogen-bond donors (Lipinski definition) is 1. The van der Waals surface area contributed by atoms with Gasteiger partial charge in [0, 0.05) is 6.54 Å². The van der Waals surface area contributed by atoms with Crippen molar-refractivity contribution in [1.29, 1.82) is 0 Å². The molecule has 2 saturated heterocycles. The van der Waals surface area contributed by atoms with Crippen molar-refractivity contribution in [3.63, 3.8) is 0 Å². The summed E-state index contributed by atoms with van der Waals surface area (Å²) < 4.78 is 5.95. The van der Waals surface area contributed by atoms with Gasteiger partial charge in [-0.15, -0.1) is 0 Å². The number of carbonyl (C=O) groups is 2. The van der Waals surface area contributed by atoms with Gasteiger partial charge >= 0.3 is 5.97 Å². The summed E-state index contributed by atoms with van der Waals surface area (Å²) in [5, 5.41) is 9.53.